The summed E-state index contributed by atoms with van der Waals surface area (Å²) in [5.41, 5.74) is 0. The average Bonchev–Trinajstić information content (AvgIpc) is 3.77. The molecular formula is C62H108N2O14. The molecule has 2 rings (SSSR count). The SMILES string of the molecule is CCCCCCCCC(=O)OCC(COC(=O)CCCCCCCC)CC(=O)OC[C@H]1CC=CC[C@@H](COC(=O)CC(COC(=O)CCCCCCCC)COC(=O)CCCCCCCC)N1C(=O)OC1CCCCN(C)C1. The first-order valence-corrected chi connectivity index (χ1v) is 31.1. The van der Waals surface area contributed by atoms with Gasteiger partial charge in [0.25, 0.3) is 0 Å². The standard InChI is InChI=1S/C62H108N2O14/c1-6-10-14-18-22-26-37-56(65)72-45-51(46-73-57(66)38-27-23-19-15-11-7-2)42-60(69)76-49-53-34-30-31-35-54(64(53)62(71)78-55-36-32-33-41-63(5)44-55)50-77-61(70)43-52(47-74-58(67)39-28-24-20-16-12-8-3)48-75-59(68)40-29-25-21-17-13-9-4/h30-31,51-55H,6-29,32-50H2,1-5H3/t53-,54+,55?. The van der Waals surface area contributed by atoms with Gasteiger partial charge in [-0.1, -0.05) is 168 Å². The van der Waals surface area contributed by atoms with Crippen LogP contribution in [0.2, 0.25) is 0 Å². The van der Waals surface area contributed by atoms with Gasteiger partial charge in [0.1, 0.15) is 19.3 Å². The van der Waals surface area contributed by atoms with E-state index in [-0.39, 0.29) is 108 Å². The minimum absolute atomic E-state index is 0.119. The summed E-state index contributed by atoms with van der Waals surface area (Å²) in [6.07, 6.45) is 31.2. The van der Waals surface area contributed by atoms with Crippen molar-refractivity contribution in [2.45, 2.75) is 271 Å². The van der Waals surface area contributed by atoms with Crippen molar-refractivity contribution in [2.24, 2.45) is 11.8 Å². The zero-order chi connectivity index (χ0) is 56.9. The molecule has 0 saturated carbocycles. The van der Waals surface area contributed by atoms with Gasteiger partial charge in [-0.3, -0.25) is 33.7 Å². The molecule has 78 heavy (non-hydrogen) atoms. The summed E-state index contributed by atoms with van der Waals surface area (Å²) in [6, 6.07) is -1.39. The molecule has 0 aromatic rings. The first-order chi connectivity index (χ1) is 37.9. The van der Waals surface area contributed by atoms with Crippen LogP contribution in [0.25, 0.3) is 0 Å². The monoisotopic (exact) mass is 1100 g/mol. The van der Waals surface area contributed by atoms with E-state index in [1.165, 1.54) is 4.90 Å². The molecule has 0 aromatic heterocycles. The van der Waals surface area contributed by atoms with E-state index in [2.05, 4.69) is 32.6 Å². The summed E-state index contributed by atoms with van der Waals surface area (Å²) >= 11 is 0. The molecule has 16 nitrogen and oxygen atoms in total. The van der Waals surface area contributed by atoms with Crippen LogP contribution in [0.1, 0.15) is 252 Å². The van der Waals surface area contributed by atoms with Crippen LogP contribution >= 0.6 is 0 Å². The summed E-state index contributed by atoms with van der Waals surface area (Å²) in [5.74, 6) is -3.99. The largest absolute Gasteiger partial charge is 0.465 e. The van der Waals surface area contributed by atoms with E-state index in [1.54, 1.807) is 0 Å². The number of rotatable bonds is 45. The van der Waals surface area contributed by atoms with Crippen LogP contribution in [0.15, 0.2) is 12.2 Å². The lowest BCUT2D eigenvalue weighted by atomic mass is 10.1. The van der Waals surface area contributed by atoms with Crippen LogP contribution in [-0.4, -0.2) is 130 Å². The van der Waals surface area contributed by atoms with Gasteiger partial charge in [-0.15, -0.1) is 0 Å². The van der Waals surface area contributed by atoms with Gasteiger partial charge in [-0.05, 0) is 71.4 Å². The smallest absolute Gasteiger partial charge is 0.410 e. The minimum atomic E-state index is -0.693. The van der Waals surface area contributed by atoms with Crippen molar-refractivity contribution in [2.75, 3.05) is 59.8 Å². The maximum absolute atomic E-state index is 14.4. The van der Waals surface area contributed by atoms with Gasteiger partial charge in [0.2, 0.25) is 0 Å². The maximum atomic E-state index is 14.4. The molecule has 3 atom stereocenters. The van der Waals surface area contributed by atoms with Crippen LogP contribution in [0.3, 0.4) is 0 Å². The fourth-order valence-corrected chi connectivity index (χ4v) is 9.84. The molecule has 0 aliphatic carbocycles. The fraction of sp³-hybridized carbons (Fsp3) is 0.855. The van der Waals surface area contributed by atoms with Crippen LogP contribution < -0.4 is 0 Å². The van der Waals surface area contributed by atoms with Crippen molar-refractivity contribution in [3.05, 3.63) is 12.2 Å². The van der Waals surface area contributed by atoms with Crippen LogP contribution in [0.4, 0.5) is 4.79 Å². The molecule has 0 spiro atoms. The summed E-state index contributed by atoms with van der Waals surface area (Å²) in [4.78, 5) is 96.8. The highest BCUT2D eigenvalue weighted by Gasteiger charge is 2.36. The average molecular weight is 1110 g/mol. The quantitative estimate of drug-likeness (QED) is 0.0242. The number of hydrogen-bond acceptors (Lipinski definition) is 15. The third-order valence-corrected chi connectivity index (χ3v) is 14.7. The molecule has 1 fully saturated rings. The van der Waals surface area contributed by atoms with E-state index in [0.29, 0.717) is 51.5 Å². The van der Waals surface area contributed by atoms with Crippen molar-refractivity contribution in [3.8, 4) is 0 Å². The number of unbranched alkanes of at least 4 members (excludes halogenated alkanes) is 20. The Hall–Kier alpha value is -4.21. The molecule has 0 aromatic carbocycles. The molecule has 450 valence electrons. The second-order valence-electron chi connectivity index (χ2n) is 22.2. The Labute approximate surface area is 471 Å². The number of nitrogens with zero attached hydrogens (tertiary/aromatic N) is 2. The molecule has 2 heterocycles. The lowest BCUT2D eigenvalue weighted by Crippen LogP contribution is -2.52. The van der Waals surface area contributed by atoms with Gasteiger partial charge in [-0.25, -0.2) is 4.79 Å². The van der Waals surface area contributed by atoms with E-state index in [4.69, 9.17) is 33.2 Å². The molecule has 1 saturated heterocycles. The number of likely N-dealkylation sites (N-methyl/N-ethyl adjacent to an activating group) is 1. The van der Waals surface area contributed by atoms with Crippen molar-refractivity contribution >= 4 is 41.9 Å². The third kappa shape index (κ3) is 36.1. The molecule has 0 N–H and O–H groups in total. The van der Waals surface area contributed by atoms with E-state index in [9.17, 15) is 33.6 Å². The highest BCUT2D eigenvalue weighted by atomic mass is 16.6. The van der Waals surface area contributed by atoms with Crippen molar-refractivity contribution in [1.29, 1.82) is 0 Å². The second-order valence-corrected chi connectivity index (χ2v) is 22.2. The van der Waals surface area contributed by atoms with E-state index in [1.807, 2.05) is 19.2 Å². The molecule has 2 aliphatic heterocycles. The fourth-order valence-electron chi connectivity index (χ4n) is 9.84. The number of esters is 6. The number of amides is 1. The summed E-state index contributed by atoms with van der Waals surface area (Å²) in [5, 5.41) is 0. The summed E-state index contributed by atoms with van der Waals surface area (Å²) < 4.78 is 40.6. The van der Waals surface area contributed by atoms with Crippen LogP contribution in [0, 0.1) is 11.8 Å². The number of carbonyl (C=O) groups excluding carboxylic acids is 7. The Morgan fingerprint density at radius 1 is 0.436 bits per heavy atom. The van der Waals surface area contributed by atoms with Crippen molar-refractivity contribution in [1.82, 2.24) is 9.80 Å². The summed E-state index contributed by atoms with van der Waals surface area (Å²) in [7, 11) is 1.99. The molecule has 2 aliphatic rings. The summed E-state index contributed by atoms with van der Waals surface area (Å²) in [6.45, 7) is 9.19. The van der Waals surface area contributed by atoms with Gasteiger partial charge in [0.15, 0.2) is 0 Å². The van der Waals surface area contributed by atoms with Crippen LogP contribution in [-0.2, 0) is 61.9 Å². The van der Waals surface area contributed by atoms with Gasteiger partial charge >= 0.3 is 41.9 Å². The van der Waals surface area contributed by atoms with Gasteiger partial charge < -0.3 is 38.1 Å². The first-order valence-electron chi connectivity index (χ1n) is 31.1. The number of hydrogen-bond donors (Lipinski definition) is 0. The van der Waals surface area contributed by atoms with Crippen LogP contribution in [0.5, 0.6) is 0 Å². The lowest BCUT2D eigenvalue weighted by Gasteiger charge is -2.36. The highest BCUT2D eigenvalue weighted by Crippen LogP contribution is 2.24. The molecule has 0 radical (unpaired) electrons. The van der Waals surface area contributed by atoms with Crippen molar-refractivity contribution in [3.63, 3.8) is 0 Å². The van der Waals surface area contributed by atoms with Gasteiger partial charge in [0, 0.05) is 44.1 Å². The normalized spacial score (nSPS) is 16.8. The second kappa shape index (κ2) is 46.5. The Bertz CT molecular complexity index is 1500. The van der Waals surface area contributed by atoms with E-state index in [0.717, 1.165) is 148 Å². The molecule has 1 unspecified atom stereocenters. The maximum Gasteiger partial charge on any atom is 0.410 e. The number of likely N-dealkylation sites (tertiary alicyclic amines) is 1. The zero-order valence-corrected chi connectivity index (χ0v) is 49.6. The third-order valence-electron chi connectivity index (χ3n) is 14.7. The predicted octanol–water partition coefficient (Wildman–Crippen LogP) is 13.3. The van der Waals surface area contributed by atoms with Crippen molar-refractivity contribution < 1.29 is 66.7 Å². The van der Waals surface area contributed by atoms with E-state index >= 15 is 0 Å². The van der Waals surface area contributed by atoms with E-state index < -0.39 is 42.0 Å². The van der Waals surface area contributed by atoms with Gasteiger partial charge in [0.05, 0.1) is 51.4 Å². The Balaban J connectivity index is 2.21. The Morgan fingerprint density at radius 2 is 0.769 bits per heavy atom. The predicted molar refractivity (Wildman–Crippen MR) is 303 cm³/mol. The molecule has 0 bridgehead atoms. The number of carbonyl (C=O) groups is 7. The molecule has 1 amide bonds. The highest BCUT2D eigenvalue weighted by molar-refractivity contribution is 5.73. The first kappa shape index (κ1) is 69.9. The topological polar surface area (TPSA) is 191 Å². The Kier molecular flexibility index (Phi) is 41.7. The molecular weight excluding hydrogens is 997 g/mol. The zero-order valence-electron chi connectivity index (χ0n) is 49.6. The molecule has 16 heteroatoms. The number of ether oxygens (including phenoxy) is 7. The lowest BCUT2D eigenvalue weighted by molar-refractivity contribution is -0.156. The Morgan fingerprint density at radius 3 is 1.12 bits per heavy atom. The minimum Gasteiger partial charge on any atom is -0.465 e. The van der Waals surface area contributed by atoms with Gasteiger partial charge in [-0.2, -0.15) is 0 Å².